The number of rotatable bonds is 1. The molecular weight excluding hydrogens is 556 g/mol. The second kappa shape index (κ2) is 93.9. The first kappa shape index (κ1) is 91.3. The standard InChI is InChI=1S/C2H8N2.4C2H4O2.4Fe.4N/c3-1-2-4;4*1-2(3)4;;;;;;;;/h1-4H2;4*1H3,(H,3,4);;;;;;;;/q;;;;;;;;;4*+1/p-4. The molecule has 170 valence electrons. The first-order chi connectivity index (χ1) is 8.84. The number of hydrogen-bond donors (Lipinski definition) is 2. The average Bonchev–Trinajstić information content (AvgIpc) is 2.13. The maximum absolute atomic E-state index is 8.89. The van der Waals surface area contributed by atoms with Gasteiger partial charge in [-0.25, -0.2) is 0 Å². The molecule has 0 aromatic heterocycles. The van der Waals surface area contributed by atoms with Crippen LogP contribution in [-0.2, 0) is 87.5 Å². The molecule has 0 unspecified atom stereocenters. The molecule has 14 nitrogen and oxygen atoms in total. The van der Waals surface area contributed by atoms with Crippen LogP contribution in [0.2, 0.25) is 0 Å². The average molecular weight is 576 g/mol. The first-order valence-electron chi connectivity index (χ1n) is 4.95. The van der Waals surface area contributed by atoms with Crippen LogP contribution in [0.4, 0.5) is 0 Å². The van der Waals surface area contributed by atoms with Crippen LogP contribution >= 0.6 is 0 Å². The number of nitrogens with two attached hydrogens (primary N) is 2. The fourth-order valence-corrected chi connectivity index (χ4v) is 0. The fraction of sp³-hybridized carbons (Fsp3) is 0.600. The maximum Gasteiger partial charge on any atom is 1.00 e. The van der Waals surface area contributed by atoms with Gasteiger partial charge in [-0.1, -0.05) is 0 Å². The summed E-state index contributed by atoms with van der Waals surface area (Å²) in [5, 5.41) is 35.6. The van der Waals surface area contributed by atoms with Gasteiger partial charge in [-0.3, -0.25) is 0 Å². The minimum atomic E-state index is -1.08. The van der Waals surface area contributed by atoms with Crippen molar-refractivity contribution in [2.75, 3.05) is 13.1 Å². The normalized spacial score (nSPS) is 4.64. The predicted octanol–water partition coefficient (Wildman–Crippen LogP) is -8.00. The third kappa shape index (κ3) is 30500. The van der Waals surface area contributed by atoms with E-state index in [0.29, 0.717) is 13.1 Å². The number of nitrogens with zero attached hydrogens (tertiary/aromatic N) is 4. The molecule has 0 bridgehead atoms. The molecule has 16 radical (unpaired) electrons. The molecule has 0 aliphatic rings. The van der Waals surface area contributed by atoms with Gasteiger partial charge in [-0.2, -0.15) is 0 Å². The number of aliphatic carboxylic acids is 4. The summed E-state index contributed by atoms with van der Waals surface area (Å²) < 4.78 is 0. The molecule has 0 amide bonds. The summed E-state index contributed by atoms with van der Waals surface area (Å²) in [4.78, 5) is 35.6. The Hall–Kier alpha value is -0.282. The molecule has 0 fully saturated rings. The number of carbonyl (C=O) groups excluding carboxylic acids is 4. The molecule has 0 aromatic rings. The van der Waals surface area contributed by atoms with Gasteiger partial charge in [0.15, 0.2) is 0 Å². The van der Waals surface area contributed by atoms with Gasteiger partial charge in [0.25, 0.3) is 0 Å². The van der Waals surface area contributed by atoms with E-state index in [9.17, 15) is 0 Å². The van der Waals surface area contributed by atoms with Crippen molar-refractivity contribution in [2.24, 2.45) is 11.5 Å². The molecule has 0 saturated carbocycles. The topological polar surface area (TPSA) is 335 Å². The zero-order chi connectivity index (χ0) is 17.7. The van der Waals surface area contributed by atoms with Gasteiger partial charge in [-0.05, 0) is 27.7 Å². The van der Waals surface area contributed by atoms with Crippen LogP contribution in [-0.4, -0.2) is 37.0 Å². The van der Waals surface area contributed by atoms with Gasteiger partial charge in [0.1, 0.15) is 0 Å². The second-order valence-electron chi connectivity index (χ2n) is 2.54. The first-order valence-corrected chi connectivity index (χ1v) is 4.95. The zero-order valence-corrected chi connectivity index (χ0v) is 19.5. The van der Waals surface area contributed by atoms with E-state index in [-0.39, 0.29) is 92.9 Å². The Bertz CT molecular complexity index is 216. The summed E-state index contributed by atoms with van der Waals surface area (Å²) in [6.45, 7) is 5.08. The van der Waals surface area contributed by atoms with Crippen molar-refractivity contribution < 1.29 is 108 Å². The van der Waals surface area contributed by atoms with Crippen molar-refractivity contribution in [1.82, 2.24) is 24.6 Å². The van der Waals surface area contributed by atoms with Gasteiger partial charge in [0.2, 0.25) is 0 Å². The molecule has 28 heavy (non-hydrogen) atoms. The zero-order valence-electron chi connectivity index (χ0n) is 15.0. The monoisotopic (exact) mass is 576 g/mol. The van der Waals surface area contributed by atoms with Crippen molar-refractivity contribution in [3.63, 3.8) is 0 Å². The molecule has 4 N–H and O–H groups in total. The minimum absolute atomic E-state index is 0. The van der Waals surface area contributed by atoms with E-state index in [1.807, 2.05) is 0 Å². The molecule has 0 aliphatic heterocycles. The number of hydrogen-bond acceptors (Lipinski definition) is 10. The van der Waals surface area contributed by atoms with E-state index in [1.165, 1.54) is 0 Å². The summed E-state index contributed by atoms with van der Waals surface area (Å²) in [7, 11) is 0. The van der Waals surface area contributed by atoms with Gasteiger partial charge in [0.05, 0.1) is 0 Å². The van der Waals surface area contributed by atoms with Gasteiger partial charge in [0, 0.05) is 105 Å². The Morgan fingerprint density at radius 2 is 0.536 bits per heavy atom. The quantitative estimate of drug-likeness (QED) is 0.278. The van der Waals surface area contributed by atoms with E-state index >= 15 is 0 Å². The number of carboxylic acid groups (broad SMARTS) is 4. The van der Waals surface area contributed by atoms with Crippen LogP contribution in [0.15, 0.2) is 0 Å². The summed E-state index contributed by atoms with van der Waals surface area (Å²) in [5.41, 5.74) is 9.81. The van der Waals surface area contributed by atoms with E-state index in [0.717, 1.165) is 27.7 Å². The SMILES string of the molecule is CC(=O)[O-].CC(=O)[O-].CC(=O)[O-].CC(=O)[O-].NCCN.[Fe].[Fe].[Fe].[Fe].[N+].[N+].[N+].[N+]. The summed E-state index contributed by atoms with van der Waals surface area (Å²) in [5.74, 6) is -4.33. The molecule has 0 atom stereocenters. The van der Waals surface area contributed by atoms with Crippen molar-refractivity contribution >= 4 is 23.9 Å². The minimum Gasteiger partial charge on any atom is -0.550 e. The van der Waals surface area contributed by atoms with Crippen LogP contribution in [0, 0.1) is 0 Å². The van der Waals surface area contributed by atoms with E-state index in [1.54, 1.807) is 0 Å². The van der Waals surface area contributed by atoms with Gasteiger partial charge in [-0.15, -0.1) is 0 Å². The van der Waals surface area contributed by atoms with E-state index in [4.69, 9.17) is 51.1 Å². The van der Waals surface area contributed by atoms with Crippen LogP contribution in [0.5, 0.6) is 0 Å². The van der Waals surface area contributed by atoms with Crippen LogP contribution in [0.25, 0.3) is 0 Å². The van der Waals surface area contributed by atoms with Crippen molar-refractivity contribution in [2.45, 2.75) is 27.7 Å². The van der Waals surface area contributed by atoms with Crippen LogP contribution in [0.3, 0.4) is 0 Å². The second-order valence-corrected chi connectivity index (χ2v) is 2.54. The molecule has 0 rings (SSSR count). The van der Waals surface area contributed by atoms with E-state index in [2.05, 4.69) is 0 Å². The maximum atomic E-state index is 8.89. The molecule has 0 heterocycles. The van der Waals surface area contributed by atoms with E-state index < -0.39 is 23.9 Å². The largest absolute Gasteiger partial charge is 1.00 e. The Labute approximate surface area is 207 Å². The number of carboxylic acids is 4. The molecule has 18 heteroatoms. The molecule has 0 aliphatic carbocycles. The Kier molecular flexibility index (Phi) is 306. The predicted molar refractivity (Wildman–Crippen MR) is 69.4 cm³/mol. The van der Waals surface area contributed by atoms with Crippen LogP contribution < -0.4 is 56.5 Å². The van der Waals surface area contributed by atoms with Crippen molar-refractivity contribution in [1.29, 1.82) is 0 Å². The molecule has 0 spiro atoms. The molecular formula is C10H20Fe4N6O8. The Morgan fingerprint density at radius 1 is 0.500 bits per heavy atom. The van der Waals surface area contributed by atoms with Crippen molar-refractivity contribution in [3.05, 3.63) is 0 Å². The summed E-state index contributed by atoms with van der Waals surface area (Å²) >= 11 is 0. The molecule has 0 saturated heterocycles. The Balaban J connectivity index is -0.00000000852. The van der Waals surface area contributed by atoms with Gasteiger partial charge < -0.3 is 51.1 Å². The van der Waals surface area contributed by atoms with Crippen LogP contribution in [0.1, 0.15) is 27.7 Å². The molecule has 0 aromatic carbocycles. The smallest absolute Gasteiger partial charge is 0.550 e. The summed E-state index contributed by atoms with van der Waals surface area (Å²) in [6.07, 6.45) is 0. The Morgan fingerprint density at radius 3 is 0.536 bits per heavy atom. The van der Waals surface area contributed by atoms with Crippen molar-refractivity contribution in [3.8, 4) is 0 Å². The fourth-order valence-electron chi connectivity index (χ4n) is 0. The third-order valence-corrected chi connectivity index (χ3v) is 0.167. The summed E-state index contributed by atoms with van der Waals surface area (Å²) in [6, 6.07) is 0. The number of carbonyl (C=O) groups is 4. The third-order valence-electron chi connectivity index (χ3n) is 0.167. The van der Waals surface area contributed by atoms with Gasteiger partial charge >= 0.3 is 24.6 Å².